The van der Waals surface area contributed by atoms with E-state index in [1.807, 2.05) is 13.8 Å². The fraction of sp³-hybridized carbons (Fsp3) is 0.556. The Morgan fingerprint density at radius 1 is 1.64 bits per heavy atom. The summed E-state index contributed by atoms with van der Waals surface area (Å²) in [6.45, 7) is 3.85. The van der Waals surface area contributed by atoms with Gasteiger partial charge in [0.25, 0.3) is 0 Å². The molecular formula is C9H14BrN3O. The molecule has 0 aliphatic rings. The molecule has 14 heavy (non-hydrogen) atoms. The smallest absolute Gasteiger partial charge is 0.198 e. The van der Waals surface area contributed by atoms with Crippen LogP contribution in [0.15, 0.2) is 10.7 Å². The standard InChI is InChI=1S/C9H14BrN3O/c1-5(2)7(11)9(14)8-6(10)4-12-13(8)3/h4-5,7H,11H2,1-3H3. The van der Waals surface area contributed by atoms with E-state index >= 15 is 0 Å². The Kier molecular flexibility index (Phi) is 3.44. The third-order valence-corrected chi connectivity index (χ3v) is 2.73. The van der Waals surface area contributed by atoms with Crippen LogP contribution in [0.2, 0.25) is 0 Å². The molecule has 4 nitrogen and oxygen atoms in total. The predicted molar refractivity (Wildman–Crippen MR) is 58.1 cm³/mol. The first kappa shape index (κ1) is 11.4. The summed E-state index contributed by atoms with van der Waals surface area (Å²) in [5.74, 6) is 0.0520. The number of nitrogens with two attached hydrogens (primary N) is 1. The Hall–Kier alpha value is -0.680. The first-order chi connectivity index (χ1) is 6.45. The SMILES string of the molecule is CC(C)C(N)C(=O)c1c(Br)cnn1C. The van der Waals surface area contributed by atoms with Gasteiger partial charge in [0, 0.05) is 7.05 Å². The van der Waals surface area contributed by atoms with E-state index in [9.17, 15) is 4.79 Å². The molecule has 0 aliphatic carbocycles. The van der Waals surface area contributed by atoms with E-state index in [4.69, 9.17) is 5.73 Å². The van der Waals surface area contributed by atoms with Gasteiger partial charge in [-0.1, -0.05) is 13.8 Å². The lowest BCUT2D eigenvalue weighted by molar-refractivity contribution is 0.0930. The predicted octanol–water partition coefficient (Wildman–Crippen LogP) is 1.35. The van der Waals surface area contributed by atoms with Crippen LogP contribution in [0.25, 0.3) is 0 Å². The van der Waals surface area contributed by atoms with Crippen molar-refractivity contribution in [1.82, 2.24) is 9.78 Å². The maximum absolute atomic E-state index is 11.9. The normalized spacial score (nSPS) is 13.3. The summed E-state index contributed by atoms with van der Waals surface area (Å²) in [6, 6.07) is -0.471. The van der Waals surface area contributed by atoms with Gasteiger partial charge >= 0.3 is 0 Å². The van der Waals surface area contributed by atoms with E-state index in [1.165, 1.54) is 4.68 Å². The van der Waals surface area contributed by atoms with E-state index in [1.54, 1.807) is 13.2 Å². The van der Waals surface area contributed by atoms with Gasteiger partial charge in [-0.05, 0) is 21.8 Å². The Labute approximate surface area is 91.6 Å². The summed E-state index contributed by atoms with van der Waals surface area (Å²) in [6.07, 6.45) is 1.60. The maximum atomic E-state index is 11.9. The number of aromatic nitrogens is 2. The number of carbonyl (C=O) groups is 1. The molecule has 5 heteroatoms. The van der Waals surface area contributed by atoms with Crippen molar-refractivity contribution in [2.24, 2.45) is 18.7 Å². The third-order valence-electron chi connectivity index (χ3n) is 2.15. The molecule has 0 saturated heterocycles. The average molecular weight is 260 g/mol. The monoisotopic (exact) mass is 259 g/mol. The molecule has 78 valence electrons. The lowest BCUT2D eigenvalue weighted by Crippen LogP contribution is -2.36. The van der Waals surface area contributed by atoms with Gasteiger partial charge in [0.15, 0.2) is 5.78 Å². The van der Waals surface area contributed by atoms with Gasteiger partial charge in [-0.3, -0.25) is 9.48 Å². The quantitative estimate of drug-likeness (QED) is 0.834. The fourth-order valence-electron chi connectivity index (χ4n) is 1.15. The van der Waals surface area contributed by atoms with Gasteiger partial charge in [-0.15, -0.1) is 0 Å². The Morgan fingerprint density at radius 2 is 2.21 bits per heavy atom. The van der Waals surface area contributed by atoms with Crippen molar-refractivity contribution in [1.29, 1.82) is 0 Å². The zero-order chi connectivity index (χ0) is 10.9. The lowest BCUT2D eigenvalue weighted by atomic mass is 9.99. The minimum absolute atomic E-state index is 0.0770. The molecule has 0 saturated carbocycles. The van der Waals surface area contributed by atoms with Crippen LogP contribution in [0, 0.1) is 5.92 Å². The number of Topliss-reactive ketones (excluding diaryl/α,β-unsaturated/α-hetero) is 1. The van der Waals surface area contributed by atoms with Crippen molar-refractivity contribution in [2.75, 3.05) is 0 Å². The van der Waals surface area contributed by atoms with E-state index in [0.717, 1.165) is 0 Å². The van der Waals surface area contributed by atoms with Crippen molar-refractivity contribution in [2.45, 2.75) is 19.9 Å². The lowest BCUT2D eigenvalue weighted by Gasteiger charge is -2.14. The fourth-order valence-corrected chi connectivity index (χ4v) is 1.69. The molecule has 0 bridgehead atoms. The Morgan fingerprint density at radius 3 is 2.57 bits per heavy atom. The number of halogens is 1. The van der Waals surface area contributed by atoms with Crippen molar-refractivity contribution < 1.29 is 4.79 Å². The topological polar surface area (TPSA) is 60.9 Å². The van der Waals surface area contributed by atoms with Crippen LogP contribution in [0.5, 0.6) is 0 Å². The van der Waals surface area contributed by atoms with Crippen molar-refractivity contribution >= 4 is 21.7 Å². The van der Waals surface area contributed by atoms with Crippen molar-refractivity contribution in [3.63, 3.8) is 0 Å². The van der Waals surface area contributed by atoms with Crippen LogP contribution in [-0.2, 0) is 7.05 Å². The van der Waals surface area contributed by atoms with E-state index in [0.29, 0.717) is 10.2 Å². The van der Waals surface area contributed by atoms with Gasteiger partial charge in [0.1, 0.15) is 5.69 Å². The number of hydrogen-bond acceptors (Lipinski definition) is 3. The highest BCUT2D eigenvalue weighted by Gasteiger charge is 2.23. The van der Waals surface area contributed by atoms with Crippen LogP contribution in [-0.4, -0.2) is 21.6 Å². The Balaban J connectivity index is 3.00. The molecule has 1 unspecified atom stereocenters. The van der Waals surface area contributed by atoms with E-state index in [-0.39, 0.29) is 11.7 Å². The van der Waals surface area contributed by atoms with Crippen LogP contribution in [0.3, 0.4) is 0 Å². The van der Waals surface area contributed by atoms with E-state index in [2.05, 4.69) is 21.0 Å². The van der Waals surface area contributed by atoms with Crippen molar-refractivity contribution in [3.05, 3.63) is 16.4 Å². The summed E-state index contributed by atoms with van der Waals surface area (Å²) in [4.78, 5) is 11.9. The minimum Gasteiger partial charge on any atom is -0.321 e. The first-order valence-electron chi connectivity index (χ1n) is 4.42. The zero-order valence-corrected chi connectivity index (χ0v) is 10.1. The molecule has 0 amide bonds. The zero-order valence-electron chi connectivity index (χ0n) is 8.49. The highest BCUT2D eigenvalue weighted by Crippen LogP contribution is 2.18. The third kappa shape index (κ3) is 2.04. The maximum Gasteiger partial charge on any atom is 0.198 e. The van der Waals surface area contributed by atoms with Gasteiger partial charge in [0.2, 0.25) is 0 Å². The van der Waals surface area contributed by atoms with Crippen LogP contribution < -0.4 is 5.73 Å². The molecule has 1 heterocycles. The molecule has 0 aromatic carbocycles. The number of hydrogen-bond donors (Lipinski definition) is 1. The number of aryl methyl sites for hydroxylation is 1. The summed E-state index contributed by atoms with van der Waals surface area (Å²) in [5.41, 5.74) is 6.31. The molecular weight excluding hydrogens is 246 g/mol. The molecule has 0 fully saturated rings. The molecule has 1 atom stereocenters. The highest BCUT2D eigenvalue weighted by molar-refractivity contribution is 9.10. The molecule has 0 aliphatic heterocycles. The Bertz CT molecular complexity index is 326. The van der Waals surface area contributed by atoms with Crippen LogP contribution in [0.4, 0.5) is 0 Å². The van der Waals surface area contributed by atoms with Gasteiger partial charge in [0.05, 0.1) is 16.7 Å². The second kappa shape index (κ2) is 4.23. The second-order valence-corrected chi connectivity index (χ2v) is 4.45. The first-order valence-corrected chi connectivity index (χ1v) is 5.21. The molecule has 0 spiro atoms. The largest absolute Gasteiger partial charge is 0.321 e. The summed E-state index contributed by atoms with van der Waals surface area (Å²) in [7, 11) is 1.73. The molecule has 2 N–H and O–H groups in total. The number of rotatable bonds is 3. The van der Waals surface area contributed by atoms with Gasteiger partial charge in [-0.25, -0.2) is 0 Å². The average Bonchev–Trinajstić information content (AvgIpc) is 2.44. The van der Waals surface area contributed by atoms with Gasteiger partial charge in [-0.2, -0.15) is 5.10 Å². The van der Waals surface area contributed by atoms with Crippen LogP contribution >= 0.6 is 15.9 Å². The van der Waals surface area contributed by atoms with Gasteiger partial charge < -0.3 is 5.73 Å². The molecule has 1 aromatic rings. The summed E-state index contributed by atoms with van der Waals surface area (Å²) >= 11 is 3.28. The second-order valence-electron chi connectivity index (χ2n) is 3.60. The molecule has 0 radical (unpaired) electrons. The van der Waals surface area contributed by atoms with Crippen molar-refractivity contribution in [3.8, 4) is 0 Å². The van der Waals surface area contributed by atoms with E-state index < -0.39 is 6.04 Å². The van der Waals surface area contributed by atoms with Crippen LogP contribution in [0.1, 0.15) is 24.3 Å². The number of nitrogens with zero attached hydrogens (tertiary/aromatic N) is 2. The highest BCUT2D eigenvalue weighted by atomic mass is 79.9. The molecule has 1 rings (SSSR count). The number of ketones is 1. The summed E-state index contributed by atoms with van der Waals surface area (Å²) < 4.78 is 2.23. The number of carbonyl (C=O) groups excluding carboxylic acids is 1. The summed E-state index contributed by atoms with van der Waals surface area (Å²) in [5, 5.41) is 3.97. The molecule has 1 aromatic heterocycles. The minimum atomic E-state index is -0.471.